The van der Waals surface area contributed by atoms with Crippen LogP contribution >= 0.6 is 0 Å². The van der Waals surface area contributed by atoms with Gasteiger partial charge in [-0.15, -0.1) is 0 Å². The highest BCUT2D eigenvalue weighted by Crippen LogP contribution is 2.46. The molecular weight excluding hydrogens is 775 g/mol. The lowest BCUT2D eigenvalue weighted by atomic mass is 9.99. The molecule has 0 bridgehead atoms. The molecule has 16 heteroatoms. The molecular formula is C43H63N5O10Si. The topological polar surface area (TPSA) is 194 Å². The number of ketones is 1. The molecule has 3 rings (SSSR count). The van der Waals surface area contributed by atoms with E-state index >= 15 is 0 Å². The predicted molar refractivity (Wildman–Crippen MR) is 229 cm³/mol. The fraction of sp³-hybridized carbons (Fsp3) is 0.512. The molecule has 0 saturated carbocycles. The van der Waals surface area contributed by atoms with Crippen LogP contribution in [0.4, 0.5) is 16.2 Å². The molecule has 15 nitrogen and oxygen atoms in total. The van der Waals surface area contributed by atoms with Crippen molar-refractivity contribution in [3.63, 3.8) is 0 Å². The van der Waals surface area contributed by atoms with E-state index in [-0.39, 0.29) is 53.6 Å². The maximum atomic E-state index is 14.1. The minimum Gasteiger partial charge on any atom is -0.540 e. The molecule has 59 heavy (non-hydrogen) atoms. The lowest BCUT2D eigenvalue weighted by molar-refractivity contribution is -0.154. The summed E-state index contributed by atoms with van der Waals surface area (Å²) in [6.45, 7) is 22.8. The molecule has 1 heterocycles. The quantitative estimate of drug-likeness (QED) is 0.0289. The number of hydrazine groups is 1. The fourth-order valence-electron chi connectivity index (χ4n) is 7.39. The second-order valence-corrected chi connectivity index (χ2v) is 21.4. The number of ether oxygens (including phenoxy) is 3. The van der Waals surface area contributed by atoms with Gasteiger partial charge in [-0.3, -0.25) is 19.7 Å². The number of anilines is 2. The third-order valence-corrected chi connectivity index (χ3v) is 16.4. The zero-order valence-electron chi connectivity index (χ0n) is 36.3. The van der Waals surface area contributed by atoms with Gasteiger partial charge in [0.25, 0.3) is 20.0 Å². The Bertz CT molecular complexity index is 1820. The van der Waals surface area contributed by atoms with Crippen LogP contribution in [0.5, 0.6) is 11.5 Å². The zero-order valence-corrected chi connectivity index (χ0v) is 37.3. The van der Waals surface area contributed by atoms with E-state index in [0.717, 1.165) is 5.57 Å². The first kappa shape index (κ1) is 48.2. The second kappa shape index (κ2) is 21.7. The van der Waals surface area contributed by atoms with Crippen LogP contribution in [0.25, 0.3) is 0 Å². The van der Waals surface area contributed by atoms with Gasteiger partial charge < -0.3 is 39.4 Å². The molecule has 3 amide bonds. The van der Waals surface area contributed by atoms with Gasteiger partial charge in [0.1, 0.15) is 31.0 Å². The minimum absolute atomic E-state index is 0.105. The fourth-order valence-corrected chi connectivity index (χ4v) is 12.6. The van der Waals surface area contributed by atoms with Gasteiger partial charge in [-0.2, -0.15) is 0 Å². The number of aliphatic hydroxyl groups is 1. The van der Waals surface area contributed by atoms with Crippen molar-refractivity contribution in [3.8, 4) is 11.5 Å². The van der Waals surface area contributed by atoms with Crippen LogP contribution < -0.4 is 30.6 Å². The summed E-state index contributed by atoms with van der Waals surface area (Å²) < 4.78 is 23.2. The lowest BCUT2D eigenvalue weighted by Gasteiger charge is -2.42. The molecule has 2 aromatic rings. The number of aliphatic hydroxyl groups excluding tert-OH is 1. The molecule has 0 saturated heterocycles. The van der Waals surface area contributed by atoms with E-state index in [0.29, 0.717) is 29.2 Å². The van der Waals surface area contributed by atoms with Crippen LogP contribution in [0, 0.1) is 5.92 Å². The summed E-state index contributed by atoms with van der Waals surface area (Å²) in [5, 5.41) is 15.4. The molecule has 2 aromatic carbocycles. The van der Waals surface area contributed by atoms with Crippen molar-refractivity contribution in [2.24, 2.45) is 5.92 Å². The Morgan fingerprint density at radius 2 is 1.56 bits per heavy atom. The highest BCUT2D eigenvalue weighted by Gasteiger charge is 2.47. The van der Waals surface area contributed by atoms with Gasteiger partial charge in [0.05, 0.1) is 31.0 Å². The Kier molecular flexibility index (Phi) is 17.7. The van der Waals surface area contributed by atoms with Gasteiger partial charge in [-0.25, -0.2) is 15.0 Å². The third kappa shape index (κ3) is 12.2. The van der Waals surface area contributed by atoms with Crippen molar-refractivity contribution in [1.82, 2.24) is 15.6 Å². The zero-order chi connectivity index (χ0) is 44.2. The summed E-state index contributed by atoms with van der Waals surface area (Å²) in [6, 6.07) is 7.74. The Balaban J connectivity index is 1.76. The summed E-state index contributed by atoms with van der Waals surface area (Å²) in [6.07, 6.45) is 2.76. The van der Waals surface area contributed by atoms with Gasteiger partial charge in [-0.05, 0) is 66.6 Å². The van der Waals surface area contributed by atoms with Crippen molar-refractivity contribution in [3.05, 3.63) is 72.0 Å². The van der Waals surface area contributed by atoms with Crippen molar-refractivity contribution >= 4 is 49.4 Å². The number of nitrogens with one attached hydrogen (secondary N) is 4. The molecule has 0 spiro atoms. The van der Waals surface area contributed by atoms with Crippen LogP contribution in [0.3, 0.4) is 0 Å². The molecule has 0 aliphatic carbocycles. The maximum absolute atomic E-state index is 14.1. The number of hydrogen-bond acceptors (Lipinski definition) is 12. The molecule has 5 N–H and O–H groups in total. The molecule has 0 aromatic heterocycles. The maximum Gasteiger partial charge on any atom is 0.411 e. The Morgan fingerprint density at radius 1 is 0.932 bits per heavy atom. The van der Waals surface area contributed by atoms with Crippen molar-refractivity contribution < 1.29 is 47.7 Å². The molecule has 3 atom stereocenters. The van der Waals surface area contributed by atoms with Crippen LogP contribution in [-0.2, 0) is 30.5 Å². The Labute approximate surface area is 349 Å². The van der Waals surface area contributed by atoms with E-state index in [1.54, 1.807) is 63.4 Å². The number of carbonyl (C=O) groups is 5. The van der Waals surface area contributed by atoms with Crippen molar-refractivity contribution in [2.75, 3.05) is 31.1 Å². The lowest BCUT2D eigenvalue weighted by Crippen LogP contribution is -2.53. The smallest absolute Gasteiger partial charge is 0.411 e. The second-order valence-electron chi connectivity index (χ2n) is 16.1. The number of methoxy groups -OCH3 is 1. The largest absolute Gasteiger partial charge is 0.540 e. The average Bonchev–Trinajstić information content (AvgIpc) is 3.58. The van der Waals surface area contributed by atoms with E-state index < -0.39 is 56.1 Å². The van der Waals surface area contributed by atoms with E-state index in [4.69, 9.17) is 18.6 Å². The van der Waals surface area contributed by atoms with Gasteiger partial charge >= 0.3 is 12.1 Å². The summed E-state index contributed by atoms with van der Waals surface area (Å²) in [5.41, 5.74) is 9.00. The minimum atomic E-state index is -2.50. The molecule has 1 aliphatic rings. The molecule has 3 unspecified atom stereocenters. The predicted octanol–water partition coefficient (Wildman–Crippen LogP) is 6.85. The average molecular weight is 838 g/mol. The van der Waals surface area contributed by atoms with Crippen LogP contribution in [0.1, 0.15) is 91.6 Å². The molecule has 324 valence electrons. The van der Waals surface area contributed by atoms with Gasteiger partial charge in [0, 0.05) is 18.0 Å². The molecule has 1 aliphatic heterocycles. The third-order valence-electron chi connectivity index (χ3n) is 10.5. The first-order valence-corrected chi connectivity index (χ1v) is 22.1. The highest BCUT2D eigenvalue weighted by molar-refractivity contribution is 6.78. The van der Waals surface area contributed by atoms with E-state index in [9.17, 15) is 29.1 Å². The van der Waals surface area contributed by atoms with Gasteiger partial charge in [0.2, 0.25) is 5.91 Å². The van der Waals surface area contributed by atoms with E-state index in [1.165, 1.54) is 18.1 Å². The standard InChI is InChI=1S/C43H63N5O10Si/c1-13-18-56-42(53)39(50)38(25(2)3)45-40(51)30(11)46-47-32-16-14-31(15-17-32)24-57-43(54)44-35-21-37(58-59(26(4)5,27(6)7)28(8)9)36(55-12)20-34(35)41(52)48-22-29(10)19-33(48)23-49/h13-17,20-22,25-28,30,33,38,46-47,49H,1,18-19,23-24H2,2-12H3,(H,44,54)(H,45,51). The van der Waals surface area contributed by atoms with Crippen LogP contribution in [-0.4, -0.2) is 86.4 Å². The monoisotopic (exact) mass is 837 g/mol. The van der Waals surface area contributed by atoms with E-state index in [1.807, 2.05) is 6.92 Å². The van der Waals surface area contributed by atoms with Gasteiger partial charge in [0.15, 0.2) is 5.75 Å². The molecule has 0 fully saturated rings. The number of rotatable bonds is 21. The number of carbonyl (C=O) groups excluding carboxylic acids is 5. The number of benzene rings is 2. The van der Waals surface area contributed by atoms with Gasteiger partial charge in [-0.1, -0.05) is 85.8 Å². The van der Waals surface area contributed by atoms with Crippen LogP contribution in [0.2, 0.25) is 16.6 Å². The Hall–Kier alpha value is -5.19. The normalized spacial score (nSPS) is 15.1. The number of Topliss-reactive ketones (excluding diaryl/α,β-unsaturated/α-hetero) is 1. The first-order valence-electron chi connectivity index (χ1n) is 20.0. The number of amides is 3. The Morgan fingerprint density at radius 3 is 2.10 bits per heavy atom. The van der Waals surface area contributed by atoms with Crippen molar-refractivity contribution in [2.45, 2.75) is 117 Å². The number of nitrogens with zero attached hydrogens (tertiary/aromatic N) is 1. The van der Waals surface area contributed by atoms with Crippen molar-refractivity contribution in [1.29, 1.82) is 0 Å². The highest BCUT2D eigenvalue weighted by atomic mass is 28.4. The summed E-state index contributed by atoms with van der Waals surface area (Å²) in [5.74, 6) is -2.45. The number of hydrogen-bond donors (Lipinski definition) is 5. The molecule has 0 radical (unpaired) electrons. The number of esters is 1. The SMILES string of the molecule is C=CCOC(=O)C(=O)C(NC(=O)C(C)NNc1ccc(COC(=O)Nc2cc(O[Si](C(C)C)(C(C)C)C(C)C)c(OC)cc2C(=O)N2C=C(C)CC2CO)cc1)C(C)C. The first-order chi connectivity index (χ1) is 27.8. The van der Waals surface area contributed by atoms with Crippen LogP contribution in [0.15, 0.2) is 60.8 Å². The summed E-state index contributed by atoms with van der Waals surface area (Å²) in [4.78, 5) is 66.5. The van der Waals surface area contributed by atoms with E-state index in [2.05, 4.69) is 69.6 Å². The summed E-state index contributed by atoms with van der Waals surface area (Å²) in [7, 11) is -0.995. The summed E-state index contributed by atoms with van der Waals surface area (Å²) >= 11 is 0.